The Morgan fingerprint density at radius 3 is 0.573 bits per heavy atom. The molecule has 0 aromatic rings. The fourth-order valence-corrected chi connectivity index (χ4v) is 14.7. The second kappa shape index (κ2) is 78.2. The van der Waals surface area contributed by atoms with Crippen LogP contribution in [0.4, 0.5) is 0 Å². The van der Waals surface area contributed by atoms with E-state index in [1.54, 1.807) is 0 Å². The number of carbonyl (C=O) groups excluding carboxylic acids is 4. The predicted molar refractivity (Wildman–Crippen MR) is 423 cm³/mol. The first kappa shape index (κ1) is 101. The predicted octanol–water partition coefficient (Wildman–Crippen LogP) is 25.7. The molecular weight excluding hydrogens is 1340 g/mol. The summed E-state index contributed by atoms with van der Waals surface area (Å²) < 4.78 is 68.8. The van der Waals surface area contributed by atoms with Crippen LogP contribution in [0.5, 0.6) is 0 Å². The molecule has 17 nitrogen and oxygen atoms in total. The highest BCUT2D eigenvalue weighted by molar-refractivity contribution is 7.47. The van der Waals surface area contributed by atoms with E-state index >= 15 is 0 Å². The van der Waals surface area contributed by atoms with Crippen LogP contribution in [0.3, 0.4) is 0 Å². The van der Waals surface area contributed by atoms with Gasteiger partial charge in [-0.25, -0.2) is 9.13 Å². The van der Waals surface area contributed by atoms with E-state index in [2.05, 4.69) is 27.7 Å². The van der Waals surface area contributed by atoms with Gasteiger partial charge in [0.15, 0.2) is 12.2 Å². The Morgan fingerprint density at radius 1 is 0.233 bits per heavy atom. The van der Waals surface area contributed by atoms with E-state index in [9.17, 15) is 43.2 Å². The summed E-state index contributed by atoms with van der Waals surface area (Å²) in [7, 11) is -9.92. The molecule has 3 N–H and O–H groups in total. The number of hydrogen-bond acceptors (Lipinski definition) is 15. The topological polar surface area (TPSA) is 237 Å². The lowest BCUT2D eigenvalue weighted by Gasteiger charge is -2.21. The molecule has 0 aromatic carbocycles. The second-order valence-corrected chi connectivity index (χ2v) is 33.1. The van der Waals surface area contributed by atoms with Crippen LogP contribution < -0.4 is 0 Å². The van der Waals surface area contributed by atoms with E-state index in [4.69, 9.17) is 37.0 Å². The highest BCUT2D eigenvalue weighted by Crippen LogP contribution is 2.45. The highest BCUT2D eigenvalue weighted by Gasteiger charge is 2.30. The van der Waals surface area contributed by atoms with Crippen LogP contribution in [-0.4, -0.2) is 96.7 Å². The van der Waals surface area contributed by atoms with Crippen LogP contribution in [0.25, 0.3) is 0 Å². The van der Waals surface area contributed by atoms with Gasteiger partial charge in [0.05, 0.1) is 26.4 Å². The third-order valence-corrected chi connectivity index (χ3v) is 21.8. The van der Waals surface area contributed by atoms with Crippen LogP contribution in [-0.2, 0) is 65.4 Å². The Kier molecular flexibility index (Phi) is 76.7. The average molecular weight is 1510 g/mol. The minimum Gasteiger partial charge on any atom is -0.462 e. The zero-order chi connectivity index (χ0) is 75.3. The van der Waals surface area contributed by atoms with Gasteiger partial charge in [0.1, 0.15) is 19.3 Å². The van der Waals surface area contributed by atoms with Crippen molar-refractivity contribution in [2.24, 2.45) is 0 Å². The molecule has 0 aliphatic heterocycles. The molecule has 103 heavy (non-hydrogen) atoms. The molecule has 0 amide bonds. The van der Waals surface area contributed by atoms with Gasteiger partial charge in [-0.2, -0.15) is 0 Å². The molecule has 0 spiro atoms. The zero-order valence-corrected chi connectivity index (χ0v) is 69.1. The Hall–Kier alpha value is -1.94. The van der Waals surface area contributed by atoms with Crippen molar-refractivity contribution < 1.29 is 80.2 Å². The van der Waals surface area contributed by atoms with Gasteiger partial charge < -0.3 is 33.8 Å². The molecule has 612 valence electrons. The smallest absolute Gasteiger partial charge is 0.462 e. The van der Waals surface area contributed by atoms with Gasteiger partial charge in [0, 0.05) is 25.7 Å². The van der Waals surface area contributed by atoms with Gasteiger partial charge in [-0.3, -0.25) is 37.3 Å². The third-order valence-electron chi connectivity index (χ3n) is 19.9. The highest BCUT2D eigenvalue weighted by atomic mass is 31.2. The normalized spacial score (nSPS) is 13.7. The maximum atomic E-state index is 13.1. The van der Waals surface area contributed by atoms with Crippen molar-refractivity contribution in [1.29, 1.82) is 0 Å². The molecular formula is C84H164O17P2. The molecule has 0 rings (SSSR count). The number of ether oxygens (including phenoxy) is 4. The number of phosphoric acid groups is 2. The van der Waals surface area contributed by atoms with E-state index in [1.165, 1.54) is 289 Å². The summed E-state index contributed by atoms with van der Waals surface area (Å²) in [6, 6.07) is 0. The number of phosphoric ester groups is 2. The van der Waals surface area contributed by atoms with Gasteiger partial charge in [-0.15, -0.1) is 0 Å². The minimum absolute atomic E-state index is 0.109. The van der Waals surface area contributed by atoms with Gasteiger partial charge in [0.25, 0.3) is 0 Å². The summed E-state index contributed by atoms with van der Waals surface area (Å²) >= 11 is 0. The summed E-state index contributed by atoms with van der Waals surface area (Å²) in [6.07, 6.45) is 72.2. The Bertz CT molecular complexity index is 1950. The lowest BCUT2D eigenvalue weighted by atomic mass is 10.0. The van der Waals surface area contributed by atoms with Crippen LogP contribution in [0.2, 0.25) is 0 Å². The standard InChI is InChI=1S/C84H164O17P2/c1-5-9-13-17-21-25-28-31-34-37-39-42-45-48-51-55-59-63-67-71-84(89)101-80(75-95-82(87)69-65-61-57-53-49-46-43-41-38-35-32-29-26-22-18-14-10-6-2)77-99-103(92,93)97-73-78(85)72-96-102(90,91)98-76-79(74-94-81(86)68-64-60-56-52-24-20-16-12-8-4)100-83(88)70-66-62-58-54-50-47-44-40-36-33-30-27-23-19-15-11-7-3/h78-80,85H,5-77H2,1-4H3,(H,90,91)(H,92,93)/t78-,79+,80+/m0/s1. The van der Waals surface area contributed by atoms with Crippen molar-refractivity contribution in [2.45, 2.75) is 476 Å². The molecule has 0 heterocycles. The molecule has 2 unspecified atom stereocenters. The molecule has 19 heteroatoms. The summed E-state index contributed by atoms with van der Waals surface area (Å²) in [4.78, 5) is 73.1. The number of aliphatic hydroxyl groups excluding tert-OH is 1. The monoisotopic (exact) mass is 1510 g/mol. The van der Waals surface area contributed by atoms with E-state index in [0.29, 0.717) is 25.7 Å². The molecule has 0 bridgehead atoms. The largest absolute Gasteiger partial charge is 0.472 e. The van der Waals surface area contributed by atoms with Crippen LogP contribution in [0.15, 0.2) is 0 Å². The molecule has 5 atom stereocenters. The first-order valence-electron chi connectivity index (χ1n) is 43.8. The van der Waals surface area contributed by atoms with Gasteiger partial charge in [-0.1, -0.05) is 407 Å². The number of unbranched alkanes of at least 4 members (excludes halogenated alkanes) is 59. The zero-order valence-electron chi connectivity index (χ0n) is 67.3. The fraction of sp³-hybridized carbons (Fsp3) is 0.952. The molecule has 0 aliphatic rings. The third kappa shape index (κ3) is 78.0. The second-order valence-electron chi connectivity index (χ2n) is 30.2. The van der Waals surface area contributed by atoms with Crippen molar-refractivity contribution in [3.05, 3.63) is 0 Å². The lowest BCUT2D eigenvalue weighted by molar-refractivity contribution is -0.161. The van der Waals surface area contributed by atoms with Gasteiger partial charge in [0.2, 0.25) is 0 Å². The van der Waals surface area contributed by atoms with E-state index in [-0.39, 0.29) is 25.7 Å². The Balaban J connectivity index is 5.21. The van der Waals surface area contributed by atoms with Crippen molar-refractivity contribution in [2.75, 3.05) is 39.6 Å². The van der Waals surface area contributed by atoms with E-state index in [0.717, 1.165) is 89.9 Å². The van der Waals surface area contributed by atoms with Crippen molar-refractivity contribution in [3.8, 4) is 0 Å². The first-order valence-corrected chi connectivity index (χ1v) is 46.8. The van der Waals surface area contributed by atoms with Crippen LogP contribution >= 0.6 is 15.6 Å². The van der Waals surface area contributed by atoms with Crippen molar-refractivity contribution >= 4 is 39.5 Å². The van der Waals surface area contributed by atoms with Crippen molar-refractivity contribution in [1.82, 2.24) is 0 Å². The molecule has 0 aliphatic carbocycles. The van der Waals surface area contributed by atoms with Crippen LogP contribution in [0.1, 0.15) is 458 Å². The molecule has 0 saturated carbocycles. The summed E-state index contributed by atoms with van der Waals surface area (Å²) in [5.41, 5.74) is 0. The number of aliphatic hydroxyl groups is 1. The van der Waals surface area contributed by atoms with Gasteiger partial charge >= 0.3 is 39.5 Å². The van der Waals surface area contributed by atoms with Crippen molar-refractivity contribution in [3.63, 3.8) is 0 Å². The maximum Gasteiger partial charge on any atom is 0.472 e. The lowest BCUT2D eigenvalue weighted by Crippen LogP contribution is -2.30. The number of hydrogen-bond donors (Lipinski definition) is 3. The van der Waals surface area contributed by atoms with E-state index in [1.807, 2.05) is 0 Å². The Labute approximate surface area is 632 Å². The Morgan fingerprint density at radius 2 is 0.388 bits per heavy atom. The maximum absolute atomic E-state index is 13.1. The summed E-state index contributed by atoms with van der Waals surface area (Å²) in [5, 5.41) is 10.7. The SMILES string of the molecule is CCCCCCCCCCCCCCCCCCCCCC(=O)O[C@H](COC(=O)CCCCCCCCCCCCCCCCCCCC)COP(=O)(O)OC[C@@H](O)COP(=O)(O)OC[C@@H](COC(=O)CCCCCCCCCCC)OC(=O)CCCCCCCCCCCCCCCCCCC. The summed E-state index contributed by atoms with van der Waals surface area (Å²) in [5.74, 6) is -2.10. The summed E-state index contributed by atoms with van der Waals surface area (Å²) in [6.45, 7) is 5.04. The first-order chi connectivity index (χ1) is 50.2. The van der Waals surface area contributed by atoms with E-state index < -0.39 is 97.5 Å². The van der Waals surface area contributed by atoms with Gasteiger partial charge in [-0.05, 0) is 25.7 Å². The quantitative estimate of drug-likeness (QED) is 0.0222. The molecule has 0 aromatic heterocycles. The van der Waals surface area contributed by atoms with Crippen LogP contribution in [0, 0.1) is 0 Å². The minimum atomic E-state index is -4.96. The number of carbonyl (C=O) groups is 4. The number of esters is 4. The molecule has 0 radical (unpaired) electrons. The fourth-order valence-electron chi connectivity index (χ4n) is 13.2. The molecule has 0 fully saturated rings. The number of rotatable bonds is 85. The molecule has 0 saturated heterocycles. The average Bonchev–Trinajstić information content (AvgIpc) is 0.911.